The Labute approximate surface area is 128 Å². The third-order valence-corrected chi connectivity index (χ3v) is 5.61. The largest absolute Gasteiger partial charge is 0.465 e. The van der Waals surface area contributed by atoms with Crippen molar-refractivity contribution in [2.75, 3.05) is 20.2 Å². The molecule has 0 aromatic rings. The van der Waals surface area contributed by atoms with E-state index in [0.29, 0.717) is 18.7 Å². The zero-order valence-corrected chi connectivity index (χ0v) is 13.6. The first-order chi connectivity index (χ1) is 10.1. The van der Waals surface area contributed by atoms with Gasteiger partial charge in [0, 0.05) is 18.6 Å². The molecule has 0 aliphatic heterocycles. The van der Waals surface area contributed by atoms with Crippen molar-refractivity contribution in [2.45, 2.75) is 75.9 Å². The molecule has 0 spiro atoms. The van der Waals surface area contributed by atoms with E-state index >= 15 is 0 Å². The van der Waals surface area contributed by atoms with Gasteiger partial charge in [-0.05, 0) is 64.8 Å². The van der Waals surface area contributed by atoms with Gasteiger partial charge >= 0.3 is 5.97 Å². The molecule has 0 radical (unpaired) electrons. The molecule has 120 valence electrons. The molecule has 4 heteroatoms. The fraction of sp³-hybridized carbons (Fsp3) is 0.941. The quantitative estimate of drug-likeness (QED) is 0.732. The molecule has 3 fully saturated rings. The minimum Gasteiger partial charge on any atom is -0.465 e. The molecule has 1 N–H and O–H groups in total. The summed E-state index contributed by atoms with van der Waals surface area (Å²) in [6.45, 7) is 3.58. The SMILES string of the molecule is CCOC(=O)C1(NC2CC2)CCC(N(C)CC2CCC2)C1. The topological polar surface area (TPSA) is 41.6 Å². The Balaban J connectivity index is 1.60. The summed E-state index contributed by atoms with van der Waals surface area (Å²) in [6, 6.07) is 1.08. The molecule has 2 atom stereocenters. The lowest BCUT2D eigenvalue weighted by molar-refractivity contribution is -0.151. The van der Waals surface area contributed by atoms with Gasteiger partial charge in [0.25, 0.3) is 0 Å². The predicted molar refractivity (Wildman–Crippen MR) is 83.1 cm³/mol. The number of carbonyl (C=O) groups excluding carboxylic acids is 1. The van der Waals surface area contributed by atoms with E-state index in [0.717, 1.165) is 25.2 Å². The number of hydrogen-bond donors (Lipinski definition) is 1. The highest BCUT2D eigenvalue weighted by atomic mass is 16.5. The summed E-state index contributed by atoms with van der Waals surface area (Å²) in [4.78, 5) is 15.0. The molecule has 3 aliphatic rings. The minimum absolute atomic E-state index is 0.0172. The molecule has 3 rings (SSSR count). The van der Waals surface area contributed by atoms with Gasteiger partial charge in [-0.3, -0.25) is 10.1 Å². The Morgan fingerprint density at radius 1 is 1.29 bits per heavy atom. The number of rotatable bonds is 7. The van der Waals surface area contributed by atoms with Crippen molar-refractivity contribution in [3.63, 3.8) is 0 Å². The van der Waals surface area contributed by atoms with Crippen molar-refractivity contribution < 1.29 is 9.53 Å². The second-order valence-electron chi connectivity index (χ2n) is 7.35. The molecule has 0 amide bonds. The molecule has 0 bridgehead atoms. The summed E-state index contributed by atoms with van der Waals surface area (Å²) < 4.78 is 5.38. The van der Waals surface area contributed by atoms with Crippen LogP contribution in [-0.2, 0) is 9.53 Å². The lowest BCUT2D eigenvalue weighted by Gasteiger charge is -2.34. The first kappa shape index (κ1) is 15.3. The minimum atomic E-state index is -0.407. The normalized spacial score (nSPS) is 33.2. The first-order valence-electron chi connectivity index (χ1n) is 8.78. The van der Waals surface area contributed by atoms with Crippen molar-refractivity contribution >= 4 is 5.97 Å². The van der Waals surface area contributed by atoms with Crippen LogP contribution in [0.25, 0.3) is 0 Å². The van der Waals surface area contributed by atoms with E-state index in [1.165, 1.54) is 38.6 Å². The number of esters is 1. The van der Waals surface area contributed by atoms with Crippen molar-refractivity contribution in [3.05, 3.63) is 0 Å². The van der Waals surface area contributed by atoms with Gasteiger partial charge < -0.3 is 9.64 Å². The van der Waals surface area contributed by atoms with Crippen LogP contribution in [-0.4, -0.2) is 48.7 Å². The van der Waals surface area contributed by atoms with E-state index in [1.807, 2.05) is 6.92 Å². The van der Waals surface area contributed by atoms with Crippen molar-refractivity contribution in [3.8, 4) is 0 Å². The third-order valence-electron chi connectivity index (χ3n) is 5.61. The average molecular weight is 294 g/mol. The Morgan fingerprint density at radius 2 is 2.05 bits per heavy atom. The second kappa shape index (κ2) is 6.25. The van der Waals surface area contributed by atoms with Gasteiger partial charge in [-0.15, -0.1) is 0 Å². The summed E-state index contributed by atoms with van der Waals surface area (Å²) in [5.41, 5.74) is -0.407. The van der Waals surface area contributed by atoms with E-state index in [-0.39, 0.29) is 5.97 Å². The standard InChI is InChI=1S/C17H30N2O2/c1-3-21-16(20)17(18-14-7-8-14)10-9-15(11-17)19(2)12-13-5-4-6-13/h13-15,18H,3-12H2,1-2H3. The lowest BCUT2D eigenvalue weighted by atomic mass is 9.85. The molecule has 0 aromatic heterocycles. The maximum atomic E-state index is 12.5. The van der Waals surface area contributed by atoms with E-state index in [4.69, 9.17) is 4.74 Å². The van der Waals surface area contributed by atoms with Gasteiger partial charge in [-0.25, -0.2) is 0 Å². The van der Waals surface area contributed by atoms with Crippen molar-refractivity contribution in [1.29, 1.82) is 0 Å². The number of nitrogens with zero attached hydrogens (tertiary/aromatic N) is 1. The van der Waals surface area contributed by atoms with E-state index in [1.54, 1.807) is 0 Å². The second-order valence-corrected chi connectivity index (χ2v) is 7.35. The van der Waals surface area contributed by atoms with E-state index < -0.39 is 5.54 Å². The zero-order valence-electron chi connectivity index (χ0n) is 13.6. The lowest BCUT2D eigenvalue weighted by Crippen LogP contribution is -2.53. The van der Waals surface area contributed by atoms with Gasteiger partial charge in [-0.1, -0.05) is 6.42 Å². The van der Waals surface area contributed by atoms with Gasteiger partial charge in [0.15, 0.2) is 0 Å². The Kier molecular flexibility index (Phi) is 4.55. The summed E-state index contributed by atoms with van der Waals surface area (Å²) in [7, 11) is 2.24. The zero-order chi connectivity index (χ0) is 14.9. The van der Waals surface area contributed by atoms with Gasteiger partial charge in [-0.2, -0.15) is 0 Å². The molecule has 0 aromatic carbocycles. The highest BCUT2D eigenvalue weighted by Crippen LogP contribution is 2.38. The molecule has 4 nitrogen and oxygen atoms in total. The third kappa shape index (κ3) is 3.42. The van der Waals surface area contributed by atoms with Gasteiger partial charge in [0.2, 0.25) is 0 Å². The Hall–Kier alpha value is -0.610. The molecule has 3 saturated carbocycles. The van der Waals surface area contributed by atoms with Crippen molar-refractivity contribution in [1.82, 2.24) is 10.2 Å². The van der Waals surface area contributed by atoms with E-state index in [9.17, 15) is 4.79 Å². The number of carbonyl (C=O) groups is 1. The molecule has 3 aliphatic carbocycles. The number of hydrogen-bond acceptors (Lipinski definition) is 4. The van der Waals surface area contributed by atoms with Crippen LogP contribution in [0.5, 0.6) is 0 Å². The summed E-state index contributed by atoms with van der Waals surface area (Å²) in [5, 5.41) is 3.62. The maximum absolute atomic E-state index is 12.5. The fourth-order valence-electron chi connectivity index (χ4n) is 3.89. The van der Waals surface area contributed by atoms with Crippen LogP contribution in [0.15, 0.2) is 0 Å². The molecule has 0 heterocycles. The number of ether oxygens (including phenoxy) is 1. The van der Waals surface area contributed by atoms with Crippen LogP contribution in [0.2, 0.25) is 0 Å². The molecule has 0 saturated heterocycles. The molecular formula is C17H30N2O2. The first-order valence-corrected chi connectivity index (χ1v) is 8.78. The van der Waals surface area contributed by atoms with Gasteiger partial charge in [0.05, 0.1) is 6.61 Å². The summed E-state index contributed by atoms with van der Waals surface area (Å²) in [5.74, 6) is 0.875. The number of nitrogens with one attached hydrogen (secondary N) is 1. The van der Waals surface area contributed by atoms with Crippen LogP contribution in [0.4, 0.5) is 0 Å². The maximum Gasteiger partial charge on any atom is 0.326 e. The Morgan fingerprint density at radius 3 is 2.62 bits per heavy atom. The highest BCUT2D eigenvalue weighted by Gasteiger charge is 2.49. The summed E-state index contributed by atoms with van der Waals surface area (Å²) >= 11 is 0. The Bertz CT molecular complexity index is 379. The van der Waals surface area contributed by atoms with E-state index in [2.05, 4.69) is 17.3 Å². The fourth-order valence-corrected chi connectivity index (χ4v) is 3.89. The van der Waals surface area contributed by atoms with Gasteiger partial charge in [0.1, 0.15) is 5.54 Å². The average Bonchev–Trinajstić information content (AvgIpc) is 3.11. The highest BCUT2D eigenvalue weighted by molar-refractivity contribution is 5.81. The molecule has 2 unspecified atom stereocenters. The van der Waals surface area contributed by atoms with Crippen LogP contribution < -0.4 is 5.32 Å². The van der Waals surface area contributed by atoms with Crippen LogP contribution in [0, 0.1) is 5.92 Å². The van der Waals surface area contributed by atoms with Crippen LogP contribution in [0.1, 0.15) is 58.3 Å². The monoisotopic (exact) mass is 294 g/mol. The van der Waals surface area contributed by atoms with Crippen LogP contribution >= 0.6 is 0 Å². The molecular weight excluding hydrogens is 264 g/mol. The predicted octanol–water partition coefficient (Wildman–Crippen LogP) is 2.32. The summed E-state index contributed by atoms with van der Waals surface area (Å²) in [6.07, 6.45) is 9.57. The van der Waals surface area contributed by atoms with Crippen LogP contribution in [0.3, 0.4) is 0 Å². The molecule has 21 heavy (non-hydrogen) atoms. The van der Waals surface area contributed by atoms with Crippen molar-refractivity contribution in [2.24, 2.45) is 5.92 Å². The smallest absolute Gasteiger partial charge is 0.326 e.